The first-order valence-corrected chi connectivity index (χ1v) is 8.20. The number of nitrogens with zero attached hydrogens (tertiary/aromatic N) is 3. The number of benzene rings is 2. The molecule has 0 bridgehead atoms. The van der Waals surface area contributed by atoms with Gasteiger partial charge in [0.05, 0.1) is 18.3 Å². The molecule has 4 aromatic rings. The molecule has 0 unspecified atom stereocenters. The van der Waals surface area contributed by atoms with Crippen LogP contribution in [-0.2, 0) is 0 Å². The molecule has 0 atom stereocenters. The van der Waals surface area contributed by atoms with Gasteiger partial charge in [-0.1, -0.05) is 0 Å². The quantitative estimate of drug-likeness (QED) is 0.589. The van der Waals surface area contributed by atoms with E-state index in [-0.39, 0.29) is 0 Å². The molecule has 0 aliphatic carbocycles. The Labute approximate surface area is 155 Å². The summed E-state index contributed by atoms with van der Waals surface area (Å²) < 4.78 is 13.0. The van der Waals surface area contributed by atoms with Crippen LogP contribution in [0.5, 0.6) is 17.4 Å². The number of hydrogen-bond acceptors (Lipinski definition) is 5. The molecule has 0 saturated heterocycles. The number of pyridine rings is 1. The van der Waals surface area contributed by atoms with E-state index in [1.54, 1.807) is 48.3 Å². The Morgan fingerprint density at radius 2 is 1.93 bits per heavy atom. The van der Waals surface area contributed by atoms with Gasteiger partial charge >= 0.3 is 0 Å². The highest BCUT2D eigenvalue weighted by atomic mass is 16.5. The summed E-state index contributed by atoms with van der Waals surface area (Å²) in [6.45, 7) is 0. The van der Waals surface area contributed by atoms with Crippen molar-refractivity contribution < 1.29 is 14.3 Å². The lowest BCUT2D eigenvalue weighted by molar-refractivity contribution is 0.100. The molecular weight excluding hydrogens is 344 g/mol. The van der Waals surface area contributed by atoms with Crippen LogP contribution in [0.15, 0.2) is 67.0 Å². The number of primary amides is 1. The molecule has 1 amide bonds. The molecule has 0 aliphatic rings. The van der Waals surface area contributed by atoms with Gasteiger partial charge in [0.15, 0.2) is 0 Å². The molecule has 0 saturated carbocycles. The van der Waals surface area contributed by atoms with Gasteiger partial charge < -0.3 is 15.2 Å². The monoisotopic (exact) mass is 360 g/mol. The van der Waals surface area contributed by atoms with E-state index in [4.69, 9.17) is 15.2 Å². The van der Waals surface area contributed by atoms with Gasteiger partial charge in [-0.2, -0.15) is 5.10 Å². The number of hydrogen-bond donors (Lipinski definition) is 1. The Kier molecular flexibility index (Phi) is 4.18. The number of rotatable bonds is 5. The van der Waals surface area contributed by atoms with E-state index in [9.17, 15) is 4.79 Å². The molecule has 7 nitrogen and oxygen atoms in total. The SMILES string of the molecule is COc1cc(Oc2ccc3cc(C(N)=O)ccc3n2)cc(-n2cccn2)c1. The van der Waals surface area contributed by atoms with Gasteiger partial charge in [0, 0.05) is 47.6 Å². The van der Waals surface area contributed by atoms with Crippen molar-refractivity contribution in [2.75, 3.05) is 7.11 Å². The maximum Gasteiger partial charge on any atom is 0.248 e. The van der Waals surface area contributed by atoms with E-state index < -0.39 is 5.91 Å². The summed E-state index contributed by atoms with van der Waals surface area (Å²) in [5.74, 6) is 1.17. The van der Waals surface area contributed by atoms with E-state index in [0.717, 1.165) is 11.1 Å². The second-order valence-electron chi connectivity index (χ2n) is 5.84. The second kappa shape index (κ2) is 6.80. The van der Waals surface area contributed by atoms with Crippen LogP contribution in [0, 0.1) is 0 Å². The number of carbonyl (C=O) groups excluding carboxylic acids is 1. The fraction of sp³-hybridized carbons (Fsp3) is 0.0500. The third-order valence-electron chi connectivity index (χ3n) is 4.04. The minimum atomic E-state index is -0.472. The van der Waals surface area contributed by atoms with Crippen LogP contribution < -0.4 is 15.2 Å². The van der Waals surface area contributed by atoms with Crippen LogP contribution in [-0.4, -0.2) is 27.8 Å². The van der Waals surface area contributed by atoms with Crippen molar-refractivity contribution in [2.24, 2.45) is 5.73 Å². The summed E-state index contributed by atoms with van der Waals surface area (Å²) in [5, 5.41) is 5.03. The van der Waals surface area contributed by atoms with Crippen LogP contribution in [0.2, 0.25) is 0 Å². The molecule has 0 radical (unpaired) electrons. The van der Waals surface area contributed by atoms with Crippen LogP contribution in [0.3, 0.4) is 0 Å². The van der Waals surface area contributed by atoms with Crippen molar-refractivity contribution >= 4 is 16.8 Å². The Hall–Kier alpha value is -3.87. The molecule has 27 heavy (non-hydrogen) atoms. The largest absolute Gasteiger partial charge is 0.497 e. The van der Waals surface area contributed by atoms with E-state index in [0.29, 0.717) is 28.5 Å². The van der Waals surface area contributed by atoms with Crippen LogP contribution >= 0.6 is 0 Å². The second-order valence-corrected chi connectivity index (χ2v) is 5.84. The lowest BCUT2D eigenvalue weighted by atomic mass is 10.1. The van der Waals surface area contributed by atoms with Crippen molar-refractivity contribution in [2.45, 2.75) is 0 Å². The Bertz CT molecular complexity index is 1120. The molecule has 0 aliphatic heterocycles. The van der Waals surface area contributed by atoms with Gasteiger partial charge in [0.2, 0.25) is 11.8 Å². The van der Waals surface area contributed by atoms with E-state index in [2.05, 4.69) is 10.1 Å². The fourth-order valence-electron chi connectivity index (χ4n) is 2.73. The predicted octanol–water partition coefficient (Wildman–Crippen LogP) is 3.32. The fourth-order valence-corrected chi connectivity index (χ4v) is 2.73. The number of carbonyl (C=O) groups is 1. The van der Waals surface area contributed by atoms with Gasteiger partial charge in [-0.15, -0.1) is 0 Å². The average Bonchev–Trinajstić information content (AvgIpc) is 3.22. The Morgan fingerprint density at radius 1 is 1.07 bits per heavy atom. The normalized spacial score (nSPS) is 10.7. The molecule has 134 valence electrons. The number of methoxy groups -OCH3 is 1. The maximum absolute atomic E-state index is 11.3. The van der Waals surface area contributed by atoms with Gasteiger partial charge in [-0.25, -0.2) is 9.67 Å². The number of aromatic nitrogens is 3. The molecule has 2 aromatic heterocycles. The van der Waals surface area contributed by atoms with Crippen LogP contribution in [0.1, 0.15) is 10.4 Å². The minimum absolute atomic E-state index is 0.425. The lowest BCUT2D eigenvalue weighted by Gasteiger charge is -2.11. The van der Waals surface area contributed by atoms with Gasteiger partial charge in [0.25, 0.3) is 0 Å². The Morgan fingerprint density at radius 3 is 2.67 bits per heavy atom. The first-order valence-electron chi connectivity index (χ1n) is 8.20. The van der Waals surface area contributed by atoms with Crippen LogP contribution in [0.25, 0.3) is 16.6 Å². The number of fused-ring (bicyclic) bond motifs is 1. The standard InChI is InChI=1S/C20H16N4O3/c1-26-16-10-15(24-8-2-7-22-24)11-17(12-16)27-19-6-4-13-9-14(20(21)25)3-5-18(13)23-19/h2-12H,1H3,(H2,21,25). The predicted molar refractivity (Wildman–Crippen MR) is 100 cm³/mol. The summed E-state index contributed by atoms with van der Waals surface area (Å²) in [7, 11) is 1.59. The first kappa shape index (κ1) is 16.6. The zero-order valence-electron chi connectivity index (χ0n) is 14.5. The van der Waals surface area contributed by atoms with Crippen LogP contribution in [0.4, 0.5) is 0 Å². The van der Waals surface area contributed by atoms with Crippen molar-refractivity contribution in [3.63, 3.8) is 0 Å². The third-order valence-corrected chi connectivity index (χ3v) is 4.04. The zero-order valence-corrected chi connectivity index (χ0v) is 14.5. The Balaban J connectivity index is 1.68. The average molecular weight is 360 g/mol. The molecule has 2 aromatic carbocycles. The third kappa shape index (κ3) is 3.43. The molecule has 4 rings (SSSR count). The lowest BCUT2D eigenvalue weighted by Crippen LogP contribution is -2.10. The van der Waals surface area contributed by atoms with E-state index in [1.807, 2.05) is 30.5 Å². The number of nitrogens with two attached hydrogens (primary N) is 1. The van der Waals surface area contributed by atoms with E-state index >= 15 is 0 Å². The summed E-state index contributed by atoms with van der Waals surface area (Å²) in [5.41, 5.74) is 7.26. The summed E-state index contributed by atoms with van der Waals surface area (Å²) in [6.07, 6.45) is 3.54. The molecule has 2 N–H and O–H groups in total. The molecule has 7 heteroatoms. The number of ether oxygens (including phenoxy) is 2. The van der Waals surface area contributed by atoms with Gasteiger partial charge in [0.1, 0.15) is 11.5 Å². The van der Waals surface area contributed by atoms with Gasteiger partial charge in [-0.05, 0) is 30.3 Å². The molecule has 0 spiro atoms. The minimum Gasteiger partial charge on any atom is -0.497 e. The van der Waals surface area contributed by atoms with E-state index in [1.165, 1.54) is 0 Å². The zero-order chi connectivity index (χ0) is 18.8. The molecule has 0 fully saturated rings. The molecule has 2 heterocycles. The van der Waals surface area contributed by atoms with Crippen molar-refractivity contribution in [1.29, 1.82) is 0 Å². The highest BCUT2D eigenvalue weighted by Gasteiger charge is 2.08. The number of amides is 1. The maximum atomic E-state index is 11.3. The van der Waals surface area contributed by atoms with Crippen molar-refractivity contribution in [3.05, 3.63) is 72.6 Å². The summed E-state index contributed by atoms with van der Waals surface area (Å²) in [4.78, 5) is 15.8. The van der Waals surface area contributed by atoms with Crippen molar-refractivity contribution in [3.8, 4) is 23.1 Å². The summed E-state index contributed by atoms with van der Waals surface area (Å²) >= 11 is 0. The smallest absolute Gasteiger partial charge is 0.248 e. The highest BCUT2D eigenvalue weighted by molar-refractivity contribution is 5.96. The van der Waals surface area contributed by atoms with Crippen molar-refractivity contribution in [1.82, 2.24) is 14.8 Å². The highest BCUT2D eigenvalue weighted by Crippen LogP contribution is 2.29. The topological polar surface area (TPSA) is 92.3 Å². The summed E-state index contributed by atoms with van der Waals surface area (Å²) in [6, 6.07) is 16.0. The molecular formula is C20H16N4O3. The first-order chi connectivity index (χ1) is 13.1. The van der Waals surface area contributed by atoms with Gasteiger partial charge in [-0.3, -0.25) is 4.79 Å².